The van der Waals surface area contributed by atoms with Crippen LogP contribution >= 0.6 is 0 Å². The Hall–Kier alpha value is -2.32. The Labute approximate surface area is 147 Å². The van der Waals surface area contributed by atoms with E-state index in [4.69, 9.17) is 13.9 Å². The molecule has 1 aliphatic heterocycles. The predicted molar refractivity (Wildman–Crippen MR) is 96.2 cm³/mol. The number of nitrogens with zero attached hydrogens (tertiary/aromatic N) is 3. The van der Waals surface area contributed by atoms with Crippen molar-refractivity contribution in [1.82, 2.24) is 15.1 Å². The van der Waals surface area contributed by atoms with E-state index in [1.165, 1.54) is 0 Å². The molecule has 1 fully saturated rings. The van der Waals surface area contributed by atoms with Gasteiger partial charge in [-0.1, -0.05) is 5.10 Å². The van der Waals surface area contributed by atoms with E-state index in [2.05, 4.69) is 25.7 Å². The summed E-state index contributed by atoms with van der Waals surface area (Å²) in [7, 11) is 3.49. The van der Waals surface area contributed by atoms with Gasteiger partial charge in [0, 0.05) is 38.4 Å². The number of hydrogen-bond acceptors (Lipinski definition) is 8. The van der Waals surface area contributed by atoms with Gasteiger partial charge in [0.1, 0.15) is 5.75 Å². The monoisotopic (exact) mass is 347 g/mol. The van der Waals surface area contributed by atoms with Crippen molar-refractivity contribution in [3.63, 3.8) is 0 Å². The highest BCUT2D eigenvalue weighted by Gasteiger charge is 2.14. The van der Waals surface area contributed by atoms with Crippen molar-refractivity contribution in [3.8, 4) is 17.2 Å². The molecule has 0 amide bonds. The number of methoxy groups -OCH3 is 1. The number of nitrogens with one attached hydrogen (secondary N) is 2. The van der Waals surface area contributed by atoms with Gasteiger partial charge in [0.05, 0.1) is 25.9 Å². The fourth-order valence-corrected chi connectivity index (χ4v) is 2.75. The first-order valence-electron chi connectivity index (χ1n) is 8.54. The molecule has 0 aliphatic carbocycles. The highest BCUT2D eigenvalue weighted by atomic mass is 16.5. The summed E-state index contributed by atoms with van der Waals surface area (Å²) >= 11 is 0. The SMILES string of the molecule is CNc1ccc(-c2nnc(NCCCN3CCOCC3)o2)c(OC)c1. The maximum atomic E-state index is 5.71. The van der Waals surface area contributed by atoms with Crippen LogP contribution in [-0.4, -0.2) is 68.6 Å². The van der Waals surface area contributed by atoms with Gasteiger partial charge in [-0.25, -0.2) is 0 Å². The average molecular weight is 347 g/mol. The van der Waals surface area contributed by atoms with E-state index in [0.717, 1.165) is 57.1 Å². The molecular formula is C17H25N5O3. The molecular weight excluding hydrogens is 322 g/mol. The Morgan fingerprint density at radius 3 is 2.84 bits per heavy atom. The zero-order chi connectivity index (χ0) is 17.5. The van der Waals surface area contributed by atoms with E-state index in [-0.39, 0.29) is 0 Å². The third-order valence-electron chi connectivity index (χ3n) is 4.18. The summed E-state index contributed by atoms with van der Waals surface area (Å²) in [5, 5.41) is 14.4. The predicted octanol–water partition coefficient (Wildman–Crippen LogP) is 1.92. The Bertz CT molecular complexity index is 670. The fraction of sp³-hybridized carbons (Fsp3) is 0.529. The van der Waals surface area contributed by atoms with Crippen molar-refractivity contribution < 1.29 is 13.9 Å². The molecule has 136 valence electrons. The van der Waals surface area contributed by atoms with Gasteiger partial charge in [-0.3, -0.25) is 4.90 Å². The lowest BCUT2D eigenvalue weighted by Crippen LogP contribution is -2.37. The third kappa shape index (κ3) is 4.61. The van der Waals surface area contributed by atoms with Crippen LogP contribution in [0.2, 0.25) is 0 Å². The van der Waals surface area contributed by atoms with E-state index < -0.39 is 0 Å². The molecule has 3 rings (SSSR count). The molecule has 1 aromatic heterocycles. The zero-order valence-corrected chi connectivity index (χ0v) is 14.7. The van der Waals surface area contributed by atoms with Crippen LogP contribution in [0.4, 0.5) is 11.7 Å². The molecule has 0 radical (unpaired) electrons. The summed E-state index contributed by atoms with van der Waals surface area (Å²) in [5.41, 5.74) is 1.73. The van der Waals surface area contributed by atoms with Crippen LogP contribution in [0.1, 0.15) is 6.42 Å². The first-order chi connectivity index (χ1) is 12.3. The van der Waals surface area contributed by atoms with Gasteiger partial charge in [-0.15, -0.1) is 5.10 Å². The highest BCUT2D eigenvalue weighted by Crippen LogP contribution is 2.32. The van der Waals surface area contributed by atoms with Crippen molar-refractivity contribution in [2.24, 2.45) is 0 Å². The number of anilines is 2. The van der Waals surface area contributed by atoms with Crippen LogP contribution in [0.5, 0.6) is 5.75 Å². The molecule has 0 atom stereocenters. The maximum absolute atomic E-state index is 5.71. The summed E-state index contributed by atoms with van der Waals surface area (Å²) in [6, 6.07) is 6.17. The summed E-state index contributed by atoms with van der Waals surface area (Å²) < 4.78 is 16.5. The molecule has 8 heteroatoms. The standard InChI is InChI=1S/C17H25N5O3/c1-18-13-4-5-14(15(12-13)23-2)16-20-21-17(25-16)19-6-3-7-22-8-10-24-11-9-22/h4-5,12,18H,3,6-11H2,1-2H3,(H,19,21). The van der Waals surface area contributed by atoms with Crippen LogP contribution < -0.4 is 15.4 Å². The van der Waals surface area contributed by atoms with Crippen LogP contribution in [0, 0.1) is 0 Å². The van der Waals surface area contributed by atoms with Gasteiger partial charge in [-0.2, -0.15) is 0 Å². The van der Waals surface area contributed by atoms with Crippen LogP contribution in [0.25, 0.3) is 11.5 Å². The first-order valence-corrected chi connectivity index (χ1v) is 8.54. The molecule has 2 N–H and O–H groups in total. The van der Waals surface area contributed by atoms with E-state index in [1.807, 2.05) is 25.2 Å². The Balaban J connectivity index is 1.53. The number of morpholine rings is 1. The summed E-state index contributed by atoms with van der Waals surface area (Å²) in [6.07, 6.45) is 1.01. The number of rotatable bonds is 8. The second-order valence-corrected chi connectivity index (χ2v) is 5.81. The molecule has 2 heterocycles. The quantitative estimate of drug-likeness (QED) is 0.701. The second kappa shape index (κ2) is 8.68. The fourth-order valence-electron chi connectivity index (χ4n) is 2.75. The zero-order valence-electron chi connectivity index (χ0n) is 14.7. The number of hydrogen-bond donors (Lipinski definition) is 2. The van der Waals surface area contributed by atoms with Gasteiger partial charge < -0.3 is 24.5 Å². The molecule has 0 bridgehead atoms. The lowest BCUT2D eigenvalue weighted by atomic mass is 10.2. The van der Waals surface area contributed by atoms with Crippen molar-refractivity contribution in [2.75, 3.05) is 64.2 Å². The Morgan fingerprint density at radius 2 is 2.08 bits per heavy atom. The lowest BCUT2D eigenvalue weighted by molar-refractivity contribution is 0.0378. The molecule has 0 saturated carbocycles. The van der Waals surface area contributed by atoms with Crippen LogP contribution in [-0.2, 0) is 4.74 Å². The third-order valence-corrected chi connectivity index (χ3v) is 4.18. The summed E-state index contributed by atoms with van der Waals surface area (Å²) in [5.74, 6) is 1.13. The smallest absolute Gasteiger partial charge is 0.315 e. The first kappa shape index (κ1) is 17.5. The van der Waals surface area contributed by atoms with E-state index in [1.54, 1.807) is 7.11 Å². The number of ether oxygens (including phenoxy) is 2. The number of aromatic nitrogens is 2. The molecule has 2 aromatic rings. The van der Waals surface area contributed by atoms with Gasteiger partial charge in [0.25, 0.3) is 5.89 Å². The van der Waals surface area contributed by atoms with Gasteiger partial charge in [0.15, 0.2) is 0 Å². The van der Waals surface area contributed by atoms with Crippen molar-refractivity contribution in [2.45, 2.75) is 6.42 Å². The maximum Gasteiger partial charge on any atom is 0.315 e. The molecule has 25 heavy (non-hydrogen) atoms. The van der Waals surface area contributed by atoms with E-state index in [0.29, 0.717) is 17.7 Å². The summed E-state index contributed by atoms with van der Waals surface area (Å²) in [6.45, 7) is 5.49. The van der Waals surface area contributed by atoms with Crippen molar-refractivity contribution in [3.05, 3.63) is 18.2 Å². The molecule has 1 aromatic carbocycles. The lowest BCUT2D eigenvalue weighted by Gasteiger charge is -2.26. The van der Waals surface area contributed by atoms with Gasteiger partial charge >= 0.3 is 6.01 Å². The van der Waals surface area contributed by atoms with E-state index in [9.17, 15) is 0 Å². The minimum absolute atomic E-state index is 0.428. The topological polar surface area (TPSA) is 84.7 Å². The number of benzene rings is 1. The van der Waals surface area contributed by atoms with Crippen LogP contribution in [0.15, 0.2) is 22.6 Å². The second-order valence-electron chi connectivity index (χ2n) is 5.81. The molecule has 0 spiro atoms. The normalized spacial score (nSPS) is 15.1. The molecule has 0 unspecified atom stereocenters. The Morgan fingerprint density at radius 1 is 1.24 bits per heavy atom. The molecule has 1 saturated heterocycles. The average Bonchev–Trinajstić information content (AvgIpc) is 3.14. The van der Waals surface area contributed by atoms with Gasteiger partial charge in [-0.05, 0) is 25.1 Å². The minimum atomic E-state index is 0.428. The largest absolute Gasteiger partial charge is 0.496 e. The van der Waals surface area contributed by atoms with E-state index >= 15 is 0 Å². The molecule has 1 aliphatic rings. The van der Waals surface area contributed by atoms with Crippen molar-refractivity contribution >= 4 is 11.7 Å². The Kier molecular flexibility index (Phi) is 6.08. The minimum Gasteiger partial charge on any atom is -0.496 e. The summed E-state index contributed by atoms with van der Waals surface area (Å²) in [4.78, 5) is 2.40. The van der Waals surface area contributed by atoms with Crippen molar-refractivity contribution in [1.29, 1.82) is 0 Å². The van der Waals surface area contributed by atoms with Gasteiger partial charge in [0.2, 0.25) is 0 Å². The van der Waals surface area contributed by atoms with Crippen LogP contribution in [0.3, 0.4) is 0 Å². The highest BCUT2D eigenvalue weighted by molar-refractivity contribution is 5.67. The molecule has 8 nitrogen and oxygen atoms in total.